The van der Waals surface area contributed by atoms with Crippen molar-refractivity contribution in [3.63, 3.8) is 0 Å². The lowest BCUT2D eigenvalue weighted by molar-refractivity contribution is -0.134. The van der Waals surface area contributed by atoms with Crippen LogP contribution in [-0.2, 0) is 30.6 Å². The van der Waals surface area contributed by atoms with E-state index in [9.17, 15) is 4.79 Å². The molecule has 0 bridgehead atoms. The first-order valence-electron chi connectivity index (χ1n) is 8.73. The molecule has 1 aliphatic heterocycles. The first-order valence-corrected chi connectivity index (χ1v) is 8.73. The van der Waals surface area contributed by atoms with E-state index in [0.29, 0.717) is 6.42 Å². The van der Waals surface area contributed by atoms with Crippen molar-refractivity contribution in [2.24, 2.45) is 0 Å². The van der Waals surface area contributed by atoms with Crippen LogP contribution in [-0.4, -0.2) is 32.1 Å². The third-order valence-corrected chi connectivity index (χ3v) is 5.38. The fourth-order valence-electron chi connectivity index (χ4n) is 4.05. The van der Waals surface area contributed by atoms with Crippen LogP contribution in [0.2, 0.25) is 0 Å². The summed E-state index contributed by atoms with van der Waals surface area (Å²) in [6.45, 7) is 3.83. The highest BCUT2D eigenvalue weighted by Crippen LogP contribution is 2.27. The molecule has 23 heavy (non-hydrogen) atoms. The number of hydrogen-bond donors (Lipinski definition) is 1. The van der Waals surface area contributed by atoms with Gasteiger partial charge in [0, 0.05) is 43.5 Å². The van der Waals surface area contributed by atoms with E-state index in [1.807, 2.05) is 4.90 Å². The summed E-state index contributed by atoms with van der Waals surface area (Å²) in [7, 11) is 0. The predicted molar refractivity (Wildman–Crippen MR) is 88.1 cm³/mol. The number of rotatable bonds is 3. The fourth-order valence-corrected chi connectivity index (χ4v) is 4.05. The Hall–Kier alpha value is -2.04. The van der Waals surface area contributed by atoms with Crippen LogP contribution in [0.3, 0.4) is 0 Å². The average molecular weight is 312 g/mol. The van der Waals surface area contributed by atoms with Gasteiger partial charge in [0.25, 0.3) is 0 Å². The fraction of sp³-hybridized carbons (Fsp3) is 0.556. The minimum absolute atomic E-state index is 0.166. The van der Waals surface area contributed by atoms with Crippen LogP contribution in [0.1, 0.15) is 54.9 Å². The van der Waals surface area contributed by atoms with Gasteiger partial charge in [-0.2, -0.15) is 5.10 Å². The summed E-state index contributed by atoms with van der Waals surface area (Å²) in [5.41, 5.74) is 5.02. The quantitative estimate of drug-likeness (QED) is 0.947. The highest BCUT2D eigenvalue weighted by Gasteiger charge is 2.27. The molecule has 2 aromatic heterocycles. The van der Waals surface area contributed by atoms with E-state index in [-0.39, 0.29) is 11.9 Å². The number of carbonyl (C=O) groups is 1. The minimum Gasteiger partial charge on any atom is -0.348 e. The molecule has 0 spiro atoms. The zero-order chi connectivity index (χ0) is 15.8. The second kappa shape index (κ2) is 5.87. The predicted octanol–water partition coefficient (Wildman–Crippen LogP) is 2.63. The number of H-pyrrole nitrogens is 1. The number of hydrogen-bond acceptors (Lipinski definition) is 2. The third-order valence-electron chi connectivity index (χ3n) is 5.38. The SMILES string of the molecule is C[C@H]1c2cccn2CCN1C(=O)CCc1n[nH]c2c1CCCC2. The molecule has 1 aliphatic carbocycles. The summed E-state index contributed by atoms with van der Waals surface area (Å²) in [6, 6.07) is 4.35. The maximum Gasteiger partial charge on any atom is 0.223 e. The molecule has 2 aliphatic rings. The number of amides is 1. The van der Waals surface area contributed by atoms with Gasteiger partial charge in [-0.1, -0.05) is 0 Å². The molecular formula is C18H24N4O. The zero-order valence-electron chi connectivity index (χ0n) is 13.7. The number of nitrogens with one attached hydrogen (secondary N) is 1. The van der Waals surface area contributed by atoms with Gasteiger partial charge in [0.1, 0.15) is 0 Å². The summed E-state index contributed by atoms with van der Waals surface area (Å²) in [6.07, 6.45) is 8.13. The van der Waals surface area contributed by atoms with Gasteiger partial charge >= 0.3 is 0 Å². The third kappa shape index (κ3) is 2.58. The molecular weight excluding hydrogens is 288 g/mol. The van der Waals surface area contributed by atoms with Crippen molar-refractivity contribution in [3.05, 3.63) is 41.0 Å². The van der Waals surface area contributed by atoms with Gasteiger partial charge in [-0.25, -0.2) is 0 Å². The Kier molecular flexibility index (Phi) is 3.71. The number of aromatic amines is 1. The second-order valence-electron chi connectivity index (χ2n) is 6.72. The molecule has 3 heterocycles. The Balaban J connectivity index is 1.42. The van der Waals surface area contributed by atoms with E-state index in [2.05, 4.69) is 40.0 Å². The van der Waals surface area contributed by atoms with E-state index in [1.54, 1.807) is 0 Å². The van der Waals surface area contributed by atoms with Crippen molar-refractivity contribution < 1.29 is 4.79 Å². The van der Waals surface area contributed by atoms with Crippen molar-refractivity contribution >= 4 is 5.91 Å². The standard InChI is InChI=1S/C18H24N4O/c1-13-17-7-4-10-21(17)11-12-22(13)18(23)9-8-16-14-5-2-3-6-15(14)19-20-16/h4,7,10,13H,2-3,5-6,8-9,11-12H2,1H3,(H,19,20)/t13-/m0/s1. The van der Waals surface area contributed by atoms with Gasteiger partial charge < -0.3 is 9.47 Å². The number of aromatic nitrogens is 3. The van der Waals surface area contributed by atoms with Crippen molar-refractivity contribution in [1.29, 1.82) is 0 Å². The first kappa shape index (κ1) is 14.5. The molecule has 0 radical (unpaired) electrons. The molecule has 0 saturated heterocycles. The lowest BCUT2D eigenvalue weighted by atomic mass is 9.94. The highest BCUT2D eigenvalue weighted by molar-refractivity contribution is 5.77. The molecule has 4 rings (SSSR count). The average Bonchev–Trinajstić information content (AvgIpc) is 3.20. The number of carbonyl (C=O) groups excluding carboxylic acids is 1. The molecule has 1 N–H and O–H groups in total. The number of fused-ring (bicyclic) bond motifs is 2. The Labute approximate surface area is 136 Å². The summed E-state index contributed by atoms with van der Waals surface area (Å²) < 4.78 is 2.25. The van der Waals surface area contributed by atoms with Gasteiger partial charge in [0.15, 0.2) is 0 Å². The highest BCUT2D eigenvalue weighted by atomic mass is 16.2. The molecule has 5 heteroatoms. The van der Waals surface area contributed by atoms with Gasteiger partial charge in [0.2, 0.25) is 5.91 Å². The van der Waals surface area contributed by atoms with Gasteiger partial charge in [0.05, 0.1) is 11.7 Å². The summed E-state index contributed by atoms with van der Waals surface area (Å²) in [4.78, 5) is 14.7. The lowest BCUT2D eigenvalue weighted by Gasteiger charge is -2.35. The van der Waals surface area contributed by atoms with Crippen molar-refractivity contribution in [2.45, 2.75) is 58.0 Å². The van der Waals surface area contributed by atoms with E-state index < -0.39 is 0 Å². The number of aryl methyl sites for hydroxylation is 2. The largest absolute Gasteiger partial charge is 0.348 e. The monoisotopic (exact) mass is 312 g/mol. The van der Waals surface area contributed by atoms with Gasteiger partial charge in [-0.05, 0) is 50.3 Å². The first-order chi connectivity index (χ1) is 11.2. The maximum absolute atomic E-state index is 12.7. The van der Waals surface area contributed by atoms with Crippen LogP contribution in [0.15, 0.2) is 18.3 Å². The van der Waals surface area contributed by atoms with Crippen LogP contribution in [0.25, 0.3) is 0 Å². The van der Waals surface area contributed by atoms with E-state index in [0.717, 1.165) is 38.0 Å². The molecule has 0 aromatic carbocycles. The van der Waals surface area contributed by atoms with Gasteiger partial charge in [-0.3, -0.25) is 9.89 Å². The van der Waals surface area contributed by atoms with E-state index >= 15 is 0 Å². The Bertz CT molecular complexity index is 714. The van der Waals surface area contributed by atoms with Crippen molar-refractivity contribution in [2.75, 3.05) is 6.54 Å². The number of nitrogens with zero attached hydrogens (tertiary/aromatic N) is 3. The molecule has 5 nitrogen and oxygen atoms in total. The van der Waals surface area contributed by atoms with Crippen molar-refractivity contribution in [3.8, 4) is 0 Å². The Morgan fingerprint density at radius 3 is 3.13 bits per heavy atom. The van der Waals surface area contributed by atoms with Crippen LogP contribution < -0.4 is 0 Å². The molecule has 0 saturated carbocycles. The molecule has 0 fully saturated rings. The topological polar surface area (TPSA) is 53.9 Å². The maximum atomic E-state index is 12.7. The summed E-state index contributed by atoms with van der Waals surface area (Å²) >= 11 is 0. The van der Waals surface area contributed by atoms with E-state index in [1.165, 1.54) is 29.8 Å². The normalized spacial score (nSPS) is 20.2. The van der Waals surface area contributed by atoms with E-state index in [4.69, 9.17) is 0 Å². The molecule has 1 amide bonds. The Morgan fingerprint density at radius 2 is 2.22 bits per heavy atom. The van der Waals surface area contributed by atoms with Crippen LogP contribution >= 0.6 is 0 Å². The van der Waals surface area contributed by atoms with Gasteiger partial charge in [-0.15, -0.1) is 0 Å². The zero-order valence-corrected chi connectivity index (χ0v) is 13.7. The minimum atomic E-state index is 0.166. The Morgan fingerprint density at radius 1 is 1.35 bits per heavy atom. The molecule has 122 valence electrons. The molecule has 0 unspecified atom stereocenters. The molecule has 2 aromatic rings. The van der Waals surface area contributed by atoms with Crippen molar-refractivity contribution in [1.82, 2.24) is 19.7 Å². The van der Waals surface area contributed by atoms with Crippen LogP contribution in [0.4, 0.5) is 0 Å². The summed E-state index contributed by atoms with van der Waals surface area (Å²) in [5, 5.41) is 7.63. The smallest absolute Gasteiger partial charge is 0.223 e. The van der Waals surface area contributed by atoms with Crippen LogP contribution in [0.5, 0.6) is 0 Å². The second-order valence-corrected chi connectivity index (χ2v) is 6.72. The van der Waals surface area contributed by atoms with Crippen LogP contribution in [0, 0.1) is 0 Å². The molecule has 1 atom stereocenters. The summed E-state index contributed by atoms with van der Waals surface area (Å²) in [5.74, 6) is 0.248. The lowest BCUT2D eigenvalue weighted by Crippen LogP contribution is -2.40.